The molecule has 3 nitrogen and oxygen atoms in total. The fraction of sp³-hybridized carbons (Fsp3) is 0.308. The van der Waals surface area contributed by atoms with Crippen molar-refractivity contribution in [2.24, 2.45) is 5.73 Å². The molecule has 6 heteroatoms. The number of hydrogen-bond acceptors (Lipinski definition) is 4. The van der Waals surface area contributed by atoms with E-state index >= 15 is 0 Å². The van der Waals surface area contributed by atoms with E-state index in [0.717, 1.165) is 10.6 Å². The first-order valence-electron chi connectivity index (χ1n) is 5.81. The number of nitrogens with zero attached hydrogens (tertiary/aromatic N) is 2. The van der Waals surface area contributed by atoms with E-state index in [-0.39, 0.29) is 17.8 Å². The molecule has 2 rings (SSSR count). The van der Waals surface area contributed by atoms with Crippen molar-refractivity contribution in [2.45, 2.75) is 20.0 Å². The summed E-state index contributed by atoms with van der Waals surface area (Å²) in [6.07, 6.45) is 0. The van der Waals surface area contributed by atoms with Crippen LogP contribution in [0.25, 0.3) is 0 Å². The summed E-state index contributed by atoms with van der Waals surface area (Å²) in [6, 6.07) is 3.07. The molecule has 0 aliphatic rings. The van der Waals surface area contributed by atoms with Gasteiger partial charge >= 0.3 is 0 Å². The molecule has 1 aromatic carbocycles. The van der Waals surface area contributed by atoms with Gasteiger partial charge in [0, 0.05) is 24.0 Å². The minimum Gasteiger partial charge on any atom is -0.367 e. The summed E-state index contributed by atoms with van der Waals surface area (Å²) in [7, 11) is 1.72. The Hall–Kier alpha value is -1.53. The number of aromatic nitrogens is 1. The molecule has 1 aromatic heterocycles. The van der Waals surface area contributed by atoms with Gasteiger partial charge in [-0.05, 0) is 13.0 Å². The molecule has 0 aliphatic carbocycles. The lowest BCUT2D eigenvalue weighted by Crippen LogP contribution is -2.19. The molecular weight excluding hydrogens is 268 g/mol. The lowest BCUT2D eigenvalue weighted by atomic mass is 10.1. The van der Waals surface area contributed by atoms with Crippen LogP contribution in [0.4, 0.5) is 14.5 Å². The van der Waals surface area contributed by atoms with E-state index in [1.165, 1.54) is 17.4 Å². The van der Waals surface area contributed by atoms with E-state index in [2.05, 4.69) is 4.98 Å². The Labute approximate surface area is 114 Å². The Morgan fingerprint density at radius 2 is 2.05 bits per heavy atom. The minimum atomic E-state index is -0.868. The normalized spacial score (nSPS) is 10.8. The smallest absolute Gasteiger partial charge is 0.182 e. The van der Waals surface area contributed by atoms with Crippen LogP contribution in [0.2, 0.25) is 0 Å². The van der Waals surface area contributed by atoms with Crippen LogP contribution in [0, 0.1) is 18.6 Å². The molecule has 0 amide bonds. The van der Waals surface area contributed by atoms with Crippen molar-refractivity contribution < 1.29 is 8.78 Å². The summed E-state index contributed by atoms with van der Waals surface area (Å²) in [5, 5.41) is 0. The molecule has 0 aliphatic heterocycles. The maximum atomic E-state index is 13.9. The zero-order valence-electron chi connectivity index (χ0n) is 10.8. The highest BCUT2D eigenvalue weighted by Crippen LogP contribution is 2.25. The highest BCUT2D eigenvalue weighted by Gasteiger charge is 2.16. The molecule has 0 radical (unpaired) electrons. The van der Waals surface area contributed by atoms with Gasteiger partial charge in [-0.2, -0.15) is 0 Å². The van der Waals surface area contributed by atoms with E-state index in [1.807, 2.05) is 6.92 Å². The van der Waals surface area contributed by atoms with Crippen molar-refractivity contribution >= 4 is 17.0 Å². The zero-order valence-corrected chi connectivity index (χ0v) is 11.6. The first kappa shape index (κ1) is 13.9. The summed E-state index contributed by atoms with van der Waals surface area (Å²) >= 11 is 1.50. The first-order valence-corrected chi connectivity index (χ1v) is 6.69. The Balaban J connectivity index is 2.27. The van der Waals surface area contributed by atoms with Crippen LogP contribution in [-0.4, -0.2) is 12.0 Å². The fourth-order valence-corrected chi connectivity index (χ4v) is 2.64. The summed E-state index contributed by atoms with van der Waals surface area (Å²) in [4.78, 5) is 6.84. The summed E-state index contributed by atoms with van der Waals surface area (Å²) in [6.45, 7) is 2.38. The molecule has 19 heavy (non-hydrogen) atoms. The Morgan fingerprint density at radius 1 is 1.32 bits per heavy atom. The Kier molecular flexibility index (Phi) is 4.11. The van der Waals surface area contributed by atoms with Crippen LogP contribution in [0.5, 0.6) is 0 Å². The van der Waals surface area contributed by atoms with Crippen molar-refractivity contribution in [1.82, 2.24) is 4.98 Å². The highest BCUT2D eigenvalue weighted by molar-refractivity contribution is 7.09. The Bertz CT molecular complexity index is 583. The van der Waals surface area contributed by atoms with E-state index in [0.29, 0.717) is 6.54 Å². The quantitative estimate of drug-likeness (QED) is 0.938. The largest absolute Gasteiger partial charge is 0.367 e. The van der Waals surface area contributed by atoms with E-state index in [4.69, 9.17) is 5.73 Å². The number of hydrogen-bond donors (Lipinski definition) is 1. The second kappa shape index (κ2) is 5.63. The van der Waals surface area contributed by atoms with Gasteiger partial charge < -0.3 is 10.6 Å². The fourth-order valence-electron chi connectivity index (χ4n) is 1.81. The molecule has 0 bridgehead atoms. The predicted molar refractivity (Wildman–Crippen MR) is 73.2 cm³/mol. The van der Waals surface area contributed by atoms with Gasteiger partial charge in [-0.3, -0.25) is 0 Å². The van der Waals surface area contributed by atoms with Crippen molar-refractivity contribution in [3.05, 3.63) is 45.4 Å². The molecule has 0 atom stereocenters. The third kappa shape index (κ3) is 2.74. The molecule has 1 heterocycles. The van der Waals surface area contributed by atoms with Gasteiger partial charge in [0.2, 0.25) is 0 Å². The number of nitrogens with two attached hydrogens (primary N) is 1. The number of aryl methyl sites for hydroxylation is 1. The van der Waals surface area contributed by atoms with E-state index < -0.39 is 11.6 Å². The summed E-state index contributed by atoms with van der Waals surface area (Å²) in [5.41, 5.74) is 8.41. The second-order valence-electron chi connectivity index (χ2n) is 4.29. The molecule has 102 valence electrons. The number of thiazole rings is 1. The van der Waals surface area contributed by atoms with Gasteiger partial charge in [0.05, 0.1) is 23.4 Å². The first-order chi connectivity index (χ1) is 9.04. The van der Waals surface area contributed by atoms with Gasteiger partial charge in [0.25, 0.3) is 0 Å². The van der Waals surface area contributed by atoms with Crippen LogP contribution in [0.15, 0.2) is 17.6 Å². The molecular formula is C13H15F2N3S. The molecule has 0 spiro atoms. The molecule has 0 fully saturated rings. The summed E-state index contributed by atoms with van der Waals surface area (Å²) < 4.78 is 27.6. The van der Waals surface area contributed by atoms with Crippen molar-refractivity contribution in [2.75, 3.05) is 11.9 Å². The summed E-state index contributed by atoms with van der Waals surface area (Å²) in [5.74, 6) is -1.72. The average molecular weight is 283 g/mol. The standard InChI is InChI=1S/C13H15F2N3S/c1-8-11(19-7-17-8)6-18(2)10-4-3-9(5-16)12(14)13(10)15/h3-4,7H,5-6,16H2,1-2H3. The van der Waals surface area contributed by atoms with Gasteiger partial charge in [0.15, 0.2) is 11.6 Å². The lowest BCUT2D eigenvalue weighted by Gasteiger charge is -2.20. The SMILES string of the molecule is Cc1ncsc1CN(C)c1ccc(CN)c(F)c1F. The molecule has 2 aromatic rings. The molecule has 0 saturated carbocycles. The maximum Gasteiger partial charge on any atom is 0.182 e. The highest BCUT2D eigenvalue weighted by atomic mass is 32.1. The van der Waals surface area contributed by atoms with Crippen LogP contribution < -0.4 is 10.6 Å². The van der Waals surface area contributed by atoms with Gasteiger partial charge in [-0.15, -0.1) is 11.3 Å². The molecule has 0 saturated heterocycles. The number of rotatable bonds is 4. The number of anilines is 1. The minimum absolute atomic E-state index is 0.0132. The van der Waals surface area contributed by atoms with Crippen LogP contribution in [-0.2, 0) is 13.1 Å². The average Bonchev–Trinajstić information content (AvgIpc) is 2.78. The number of benzene rings is 1. The van der Waals surface area contributed by atoms with Gasteiger partial charge in [-0.1, -0.05) is 6.07 Å². The third-order valence-electron chi connectivity index (χ3n) is 3.00. The van der Waals surface area contributed by atoms with Crippen LogP contribution in [0.3, 0.4) is 0 Å². The zero-order chi connectivity index (χ0) is 14.0. The van der Waals surface area contributed by atoms with Crippen molar-refractivity contribution in [3.63, 3.8) is 0 Å². The van der Waals surface area contributed by atoms with E-state index in [9.17, 15) is 8.78 Å². The Morgan fingerprint density at radius 3 is 2.63 bits per heavy atom. The van der Waals surface area contributed by atoms with Crippen LogP contribution in [0.1, 0.15) is 16.1 Å². The van der Waals surface area contributed by atoms with Gasteiger partial charge in [-0.25, -0.2) is 13.8 Å². The predicted octanol–water partition coefficient (Wildman–Crippen LogP) is 2.82. The van der Waals surface area contributed by atoms with Crippen LogP contribution >= 0.6 is 11.3 Å². The molecule has 0 unspecified atom stereocenters. The van der Waals surface area contributed by atoms with Crippen molar-refractivity contribution in [3.8, 4) is 0 Å². The lowest BCUT2D eigenvalue weighted by molar-refractivity contribution is 0.498. The number of halogens is 2. The topological polar surface area (TPSA) is 42.2 Å². The monoisotopic (exact) mass is 283 g/mol. The molecule has 2 N–H and O–H groups in total. The van der Waals surface area contributed by atoms with E-state index in [1.54, 1.807) is 23.5 Å². The third-order valence-corrected chi connectivity index (χ3v) is 3.92. The van der Waals surface area contributed by atoms with Gasteiger partial charge in [0.1, 0.15) is 0 Å². The van der Waals surface area contributed by atoms with Crippen molar-refractivity contribution in [1.29, 1.82) is 0 Å². The second-order valence-corrected chi connectivity index (χ2v) is 5.23. The maximum absolute atomic E-state index is 13.9.